The molecule has 1 heterocycles. The molecule has 1 aromatic carbocycles. The number of hydrogen-bond donors (Lipinski definition) is 1. The Balaban J connectivity index is 2.08. The fourth-order valence-electron chi connectivity index (χ4n) is 2.00. The highest BCUT2D eigenvalue weighted by molar-refractivity contribution is 5.55. The Labute approximate surface area is 99.9 Å². The summed E-state index contributed by atoms with van der Waals surface area (Å²) in [7, 11) is 0. The molecule has 1 unspecified atom stereocenters. The molecule has 0 aromatic heterocycles. The van der Waals surface area contributed by atoms with Crippen LogP contribution in [0.15, 0.2) is 18.2 Å². The Morgan fingerprint density at radius 1 is 1.53 bits per heavy atom. The molecular formula is C12H16N2O3. The molecule has 0 spiro atoms. The van der Waals surface area contributed by atoms with Crippen LogP contribution in [0.3, 0.4) is 0 Å². The lowest BCUT2D eigenvalue weighted by Crippen LogP contribution is -2.30. The summed E-state index contributed by atoms with van der Waals surface area (Å²) in [6.07, 6.45) is 2.14. The maximum absolute atomic E-state index is 10.6. The van der Waals surface area contributed by atoms with E-state index in [0.717, 1.165) is 30.7 Å². The molecule has 1 aliphatic heterocycles. The van der Waals surface area contributed by atoms with E-state index in [1.54, 1.807) is 12.1 Å². The zero-order valence-electron chi connectivity index (χ0n) is 9.81. The topological polar surface area (TPSA) is 64.4 Å². The second-order valence-electron chi connectivity index (χ2n) is 4.31. The van der Waals surface area contributed by atoms with Crippen LogP contribution >= 0.6 is 0 Å². The number of benzene rings is 1. The third-order valence-electron chi connectivity index (χ3n) is 2.94. The Hall–Kier alpha value is -1.62. The number of aryl methyl sites for hydroxylation is 1. The van der Waals surface area contributed by atoms with Crippen molar-refractivity contribution in [2.24, 2.45) is 0 Å². The van der Waals surface area contributed by atoms with Gasteiger partial charge in [0.1, 0.15) is 0 Å². The predicted molar refractivity (Wildman–Crippen MR) is 65.3 cm³/mol. The Morgan fingerprint density at radius 3 is 2.94 bits per heavy atom. The molecule has 1 N–H and O–H groups in total. The second-order valence-corrected chi connectivity index (χ2v) is 4.31. The van der Waals surface area contributed by atoms with Crippen molar-refractivity contribution < 1.29 is 9.66 Å². The maximum Gasteiger partial charge on any atom is 0.269 e. The van der Waals surface area contributed by atoms with Crippen LogP contribution in [0.1, 0.15) is 18.4 Å². The molecule has 1 saturated heterocycles. The monoisotopic (exact) mass is 236 g/mol. The third kappa shape index (κ3) is 2.94. The SMILES string of the molecule is Cc1cc([N+](=O)[O-])ccc1NC1CCCOC1. The average molecular weight is 236 g/mol. The van der Waals surface area contributed by atoms with Crippen molar-refractivity contribution in [1.29, 1.82) is 0 Å². The fourth-order valence-corrected chi connectivity index (χ4v) is 2.00. The Kier molecular flexibility index (Phi) is 3.58. The van der Waals surface area contributed by atoms with E-state index in [-0.39, 0.29) is 10.6 Å². The molecule has 1 aromatic rings. The van der Waals surface area contributed by atoms with E-state index in [4.69, 9.17) is 4.74 Å². The summed E-state index contributed by atoms with van der Waals surface area (Å²) in [6, 6.07) is 5.19. The third-order valence-corrected chi connectivity index (χ3v) is 2.94. The number of nitrogens with one attached hydrogen (secondary N) is 1. The van der Waals surface area contributed by atoms with Crippen molar-refractivity contribution in [2.75, 3.05) is 18.5 Å². The van der Waals surface area contributed by atoms with Gasteiger partial charge in [0.05, 0.1) is 11.5 Å². The largest absolute Gasteiger partial charge is 0.380 e. The van der Waals surface area contributed by atoms with E-state index in [2.05, 4.69) is 5.32 Å². The summed E-state index contributed by atoms with van der Waals surface area (Å²) in [5.41, 5.74) is 1.98. The molecule has 92 valence electrons. The number of nitrogens with zero attached hydrogens (tertiary/aromatic N) is 1. The number of nitro benzene ring substituents is 1. The molecule has 1 aliphatic rings. The molecule has 2 rings (SSSR count). The number of rotatable bonds is 3. The second kappa shape index (κ2) is 5.14. The van der Waals surface area contributed by atoms with E-state index < -0.39 is 0 Å². The van der Waals surface area contributed by atoms with Crippen LogP contribution in [0.25, 0.3) is 0 Å². The molecule has 0 aliphatic carbocycles. The van der Waals surface area contributed by atoms with Gasteiger partial charge in [0, 0.05) is 30.5 Å². The Morgan fingerprint density at radius 2 is 2.35 bits per heavy atom. The summed E-state index contributed by atoms with van der Waals surface area (Å²) < 4.78 is 5.39. The zero-order chi connectivity index (χ0) is 12.3. The van der Waals surface area contributed by atoms with Crippen LogP contribution < -0.4 is 5.32 Å². The van der Waals surface area contributed by atoms with E-state index >= 15 is 0 Å². The van der Waals surface area contributed by atoms with Gasteiger partial charge in [0.15, 0.2) is 0 Å². The fraction of sp³-hybridized carbons (Fsp3) is 0.500. The summed E-state index contributed by atoms with van der Waals surface area (Å²) in [5.74, 6) is 0. The quantitative estimate of drug-likeness (QED) is 0.647. The van der Waals surface area contributed by atoms with E-state index in [1.165, 1.54) is 6.07 Å². The van der Waals surface area contributed by atoms with Gasteiger partial charge in [-0.15, -0.1) is 0 Å². The molecule has 5 heteroatoms. The van der Waals surface area contributed by atoms with E-state index in [0.29, 0.717) is 12.6 Å². The highest BCUT2D eigenvalue weighted by atomic mass is 16.6. The van der Waals surface area contributed by atoms with E-state index in [1.807, 2.05) is 6.92 Å². The molecule has 17 heavy (non-hydrogen) atoms. The van der Waals surface area contributed by atoms with Gasteiger partial charge in [-0.25, -0.2) is 0 Å². The minimum Gasteiger partial charge on any atom is -0.380 e. The molecule has 0 radical (unpaired) electrons. The van der Waals surface area contributed by atoms with Gasteiger partial charge in [0.2, 0.25) is 0 Å². The molecule has 5 nitrogen and oxygen atoms in total. The summed E-state index contributed by atoms with van der Waals surface area (Å²) in [5, 5.41) is 14.0. The number of ether oxygens (including phenoxy) is 1. The first kappa shape index (κ1) is 11.9. The van der Waals surface area contributed by atoms with Crippen LogP contribution in [0.4, 0.5) is 11.4 Å². The summed E-state index contributed by atoms with van der Waals surface area (Å²) in [6.45, 7) is 3.41. The summed E-state index contributed by atoms with van der Waals surface area (Å²) >= 11 is 0. The van der Waals surface area contributed by atoms with Gasteiger partial charge in [-0.2, -0.15) is 0 Å². The van der Waals surface area contributed by atoms with Gasteiger partial charge in [-0.1, -0.05) is 0 Å². The van der Waals surface area contributed by atoms with Gasteiger partial charge in [-0.3, -0.25) is 10.1 Å². The van der Waals surface area contributed by atoms with Crippen LogP contribution in [-0.2, 0) is 4.74 Å². The van der Waals surface area contributed by atoms with E-state index in [9.17, 15) is 10.1 Å². The molecule has 0 bridgehead atoms. The van der Waals surface area contributed by atoms with Crippen molar-refractivity contribution in [3.05, 3.63) is 33.9 Å². The number of anilines is 1. The first-order valence-electron chi connectivity index (χ1n) is 5.76. The van der Waals surface area contributed by atoms with Gasteiger partial charge < -0.3 is 10.1 Å². The first-order valence-corrected chi connectivity index (χ1v) is 5.76. The van der Waals surface area contributed by atoms with Crippen molar-refractivity contribution in [3.8, 4) is 0 Å². The van der Waals surface area contributed by atoms with Crippen molar-refractivity contribution >= 4 is 11.4 Å². The predicted octanol–water partition coefficient (Wildman–Crippen LogP) is 2.49. The van der Waals surface area contributed by atoms with Gasteiger partial charge >= 0.3 is 0 Å². The number of hydrogen-bond acceptors (Lipinski definition) is 4. The zero-order valence-corrected chi connectivity index (χ0v) is 9.81. The van der Waals surface area contributed by atoms with Crippen molar-refractivity contribution in [1.82, 2.24) is 0 Å². The number of non-ortho nitro benzene ring substituents is 1. The smallest absolute Gasteiger partial charge is 0.269 e. The molecule has 0 amide bonds. The van der Waals surface area contributed by atoms with Crippen LogP contribution in [0, 0.1) is 17.0 Å². The lowest BCUT2D eigenvalue weighted by atomic mass is 10.1. The highest BCUT2D eigenvalue weighted by Gasteiger charge is 2.15. The lowest BCUT2D eigenvalue weighted by Gasteiger charge is -2.24. The van der Waals surface area contributed by atoms with Crippen LogP contribution in [0.2, 0.25) is 0 Å². The molecule has 0 saturated carbocycles. The lowest BCUT2D eigenvalue weighted by molar-refractivity contribution is -0.384. The van der Waals surface area contributed by atoms with Crippen molar-refractivity contribution in [2.45, 2.75) is 25.8 Å². The van der Waals surface area contributed by atoms with Crippen molar-refractivity contribution in [3.63, 3.8) is 0 Å². The number of nitro groups is 1. The molecule has 1 fully saturated rings. The maximum atomic E-state index is 10.6. The standard InChI is InChI=1S/C12H16N2O3/c1-9-7-11(14(15)16)4-5-12(9)13-10-3-2-6-17-8-10/h4-5,7,10,13H,2-3,6,8H2,1H3. The molecular weight excluding hydrogens is 220 g/mol. The minimum atomic E-state index is -0.375. The van der Waals surface area contributed by atoms with Crippen LogP contribution in [-0.4, -0.2) is 24.2 Å². The van der Waals surface area contributed by atoms with Gasteiger partial charge in [-0.05, 0) is 31.4 Å². The van der Waals surface area contributed by atoms with Gasteiger partial charge in [0.25, 0.3) is 5.69 Å². The average Bonchev–Trinajstić information content (AvgIpc) is 2.33. The highest BCUT2D eigenvalue weighted by Crippen LogP contribution is 2.23. The normalized spacial score (nSPS) is 19.9. The first-order chi connectivity index (χ1) is 8.16. The summed E-state index contributed by atoms with van der Waals surface area (Å²) in [4.78, 5) is 10.2. The Bertz CT molecular complexity index is 414. The minimum absolute atomic E-state index is 0.132. The molecule has 1 atom stereocenters. The van der Waals surface area contributed by atoms with Crippen LogP contribution in [0.5, 0.6) is 0 Å².